The minimum atomic E-state index is 0.396. The summed E-state index contributed by atoms with van der Waals surface area (Å²) in [5.41, 5.74) is 0.396. The summed E-state index contributed by atoms with van der Waals surface area (Å²) in [4.78, 5) is 0. The highest BCUT2D eigenvalue weighted by atomic mass is 16.5. The van der Waals surface area contributed by atoms with Crippen LogP contribution in [0.25, 0.3) is 0 Å². The van der Waals surface area contributed by atoms with Crippen molar-refractivity contribution in [3.8, 4) is 0 Å². The van der Waals surface area contributed by atoms with Gasteiger partial charge >= 0.3 is 0 Å². The van der Waals surface area contributed by atoms with Gasteiger partial charge in [0.1, 0.15) is 0 Å². The molecule has 0 bridgehead atoms. The molecule has 2 unspecified atom stereocenters. The van der Waals surface area contributed by atoms with E-state index in [9.17, 15) is 0 Å². The van der Waals surface area contributed by atoms with E-state index in [0.717, 1.165) is 6.61 Å². The number of ether oxygens (including phenoxy) is 1. The first-order valence-corrected chi connectivity index (χ1v) is 6.39. The third-order valence-corrected chi connectivity index (χ3v) is 4.00. The molecule has 0 aliphatic carbocycles. The van der Waals surface area contributed by atoms with Crippen LogP contribution in [0.2, 0.25) is 0 Å². The molecule has 1 N–H and O–H groups in total. The average molecular weight is 213 g/mol. The Kier molecular flexibility index (Phi) is 5.07. The van der Waals surface area contributed by atoms with Crippen molar-refractivity contribution < 1.29 is 4.74 Å². The molecule has 0 aromatic heterocycles. The molecular weight excluding hydrogens is 186 g/mol. The van der Waals surface area contributed by atoms with Gasteiger partial charge in [-0.05, 0) is 44.6 Å². The summed E-state index contributed by atoms with van der Waals surface area (Å²) in [5.74, 6) is 0. The second-order valence-electron chi connectivity index (χ2n) is 5.40. The maximum atomic E-state index is 5.67. The highest BCUT2D eigenvalue weighted by Gasteiger charge is 2.27. The van der Waals surface area contributed by atoms with Gasteiger partial charge in [0, 0.05) is 12.6 Å². The largest absolute Gasteiger partial charge is 0.378 e. The molecule has 15 heavy (non-hydrogen) atoms. The second kappa shape index (κ2) is 5.86. The molecule has 1 aliphatic heterocycles. The van der Waals surface area contributed by atoms with Gasteiger partial charge in [-0.25, -0.2) is 0 Å². The van der Waals surface area contributed by atoms with Crippen LogP contribution < -0.4 is 5.32 Å². The second-order valence-corrected chi connectivity index (χ2v) is 5.40. The van der Waals surface area contributed by atoms with Crippen molar-refractivity contribution in [1.82, 2.24) is 5.32 Å². The summed E-state index contributed by atoms with van der Waals surface area (Å²) in [7, 11) is 2.08. The van der Waals surface area contributed by atoms with E-state index >= 15 is 0 Å². The van der Waals surface area contributed by atoms with Crippen molar-refractivity contribution in [3.63, 3.8) is 0 Å². The molecule has 1 aliphatic rings. The average Bonchev–Trinajstić information content (AvgIpc) is 2.71. The summed E-state index contributed by atoms with van der Waals surface area (Å²) in [6.07, 6.45) is 6.74. The van der Waals surface area contributed by atoms with Crippen LogP contribution in [0.4, 0.5) is 0 Å². The monoisotopic (exact) mass is 213 g/mol. The van der Waals surface area contributed by atoms with Gasteiger partial charge in [0.2, 0.25) is 0 Å². The summed E-state index contributed by atoms with van der Waals surface area (Å²) >= 11 is 0. The van der Waals surface area contributed by atoms with Gasteiger partial charge in [-0.15, -0.1) is 0 Å². The van der Waals surface area contributed by atoms with E-state index in [-0.39, 0.29) is 0 Å². The van der Waals surface area contributed by atoms with Crippen molar-refractivity contribution in [3.05, 3.63) is 0 Å². The Bertz CT molecular complexity index is 173. The molecule has 0 saturated carbocycles. The lowest BCUT2D eigenvalue weighted by Gasteiger charge is -2.34. The van der Waals surface area contributed by atoms with Gasteiger partial charge in [-0.3, -0.25) is 0 Å². The summed E-state index contributed by atoms with van der Waals surface area (Å²) in [6, 6.07) is 0.617. The lowest BCUT2D eigenvalue weighted by atomic mass is 9.79. The molecule has 90 valence electrons. The van der Waals surface area contributed by atoms with Gasteiger partial charge in [0.05, 0.1) is 6.10 Å². The molecule has 0 aromatic carbocycles. The van der Waals surface area contributed by atoms with Crippen LogP contribution in [-0.4, -0.2) is 25.8 Å². The zero-order valence-corrected chi connectivity index (χ0v) is 10.8. The first-order chi connectivity index (χ1) is 7.10. The van der Waals surface area contributed by atoms with E-state index in [0.29, 0.717) is 17.6 Å². The van der Waals surface area contributed by atoms with Crippen molar-refractivity contribution in [2.24, 2.45) is 5.41 Å². The van der Waals surface area contributed by atoms with Gasteiger partial charge in [0.25, 0.3) is 0 Å². The Morgan fingerprint density at radius 2 is 2.20 bits per heavy atom. The van der Waals surface area contributed by atoms with Crippen molar-refractivity contribution in [2.75, 3.05) is 13.7 Å². The molecule has 2 heteroatoms. The minimum absolute atomic E-state index is 0.396. The summed E-state index contributed by atoms with van der Waals surface area (Å²) < 4.78 is 5.67. The molecule has 2 atom stereocenters. The molecule has 0 aromatic rings. The van der Waals surface area contributed by atoms with Crippen molar-refractivity contribution >= 4 is 0 Å². The fraction of sp³-hybridized carbons (Fsp3) is 1.00. The Balaban J connectivity index is 2.32. The number of nitrogens with one attached hydrogen (secondary N) is 1. The molecule has 1 heterocycles. The predicted molar refractivity (Wildman–Crippen MR) is 65.1 cm³/mol. The molecule has 0 radical (unpaired) electrons. The first kappa shape index (κ1) is 13.0. The maximum absolute atomic E-state index is 5.67. The molecule has 0 spiro atoms. The van der Waals surface area contributed by atoms with Crippen LogP contribution in [0.3, 0.4) is 0 Å². The molecular formula is C13H27NO. The number of hydrogen-bond acceptors (Lipinski definition) is 2. The smallest absolute Gasteiger partial charge is 0.0576 e. The van der Waals surface area contributed by atoms with E-state index < -0.39 is 0 Å². The van der Waals surface area contributed by atoms with Crippen LogP contribution in [-0.2, 0) is 4.74 Å². The molecule has 0 amide bonds. The Hall–Kier alpha value is -0.0800. The number of hydrogen-bond donors (Lipinski definition) is 1. The quantitative estimate of drug-likeness (QED) is 0.732. The normalized spacial score (nSPS) is 24.4. The zero-order valence-electron chi connectivity index (χ0n) is 10.8. The summed E-state index contributed by atoms with van der Waals surface area (Å²) in [6.45, 7) is 7.95. The van der Waals surface area contributed by atoms with Crippen molar-refractivity contribution in [1.29, 1.82) is 0 Å². The lowest BCUT2D eigenvalue weighted by Crippen LogP contribution is -2.40. The van der Waals surface area contributed by atoms with Crippen LogP contribution in [0.15, 0.2) is 0 Å². The molecule has 1 saturated heterocycles. The third kappa shape index (κ3) is 3.76. The maximum Gasteiger partial charge on any atom is 0.0576 e. The van der Waals surface area contributed by atoms with E-state index in [1.165, 1.54) is 32.1 Å². The predicted octanol–water partition coefficient (Wildman–Crippen LogP) is 2.97. The van der Waals surface area contributed by atoms with E-state index in [1.807, 2.05) is 0 Å². The SMILES string of the molecule is CCC(C)(C)C(CCC1CCCO1)NC. The fourth-order valence-electron chi connectivity index (χ4n) is 2.40. The highest BCUT2D eigenvalue weighted by molar-refractivity contribution is 4.83. The van der Waals surface area contributed by atoms with Crippen LogP contribution in [0, 0.1) is 5.41 Å². The topological polar surface area (TPSA) is 21.3 Å². The van der Waals surface area contributed by atoms with Gasteiger partial charge in [-0.1, -0.05) is 20.8 Å². The Morgan fingerprint density at radius 1 is 1.47 bits per heavy atom. The standard InChI is InChI=1S/C13H27NO/c1-5-13(2,3)12(14-4)9-8-11-7-6-10-15-11/h11-12,14H,5-10H2,1-4H3. The van der Waals surface area contributed by atoms with Gasteiger partial charge < -0.3 is 10.1 Å². The lowest BCUT2D eigenvalue weighted by molar-refractivity contribution is 0.0927. The van der Waals surface area contributed by atoms with Crippen LogP contribution in [0.5, 0.6) is 0 Å². The number of rotatable bonds is 6. The van der Waals surface area contributed by atoms with E-state index in [2.05, 4.69) is 33.1 Å². The fourth-order valence-corrected chi connectivity index (χ4v) is 2.40. The van der Waals surface area contributed by atoms with Crippen LogP contribution in [0.1, 0.15) is 52.9 Å². The zero-order chi connectivity index (χ0) is 11.3. The van der Waals surface area contributed by atoms with E-state index in [4.69, 9.17) is 4.74 Å². The summed E-state index contributed by atoms with van der Waals surface area (Å²) in [5, 5.41) is 3.46. The Labute approximate surface area is 94.8 Å². The third-order valence-electron chi connectivity index (χ3n) is 4.00. The first-order valence-electron chi connectivity index (χ1n) is 6.39. The minimum Gasteiger partial charge on any atom is -0.378 e. The highest BCUT2D eigenvalue weighted by Crippen LogP contribution is 2.29. The van der Waals surface area contributed by atoms with E-state index in [1.54, 1.807) is 0 Å². The van der Waals surface area contributed by atoms with Crippen molar-refractivity contribution in [2.45, 2.75) is 65.0 Å². The molecule has 1 rings (SSSR count). The van der Waals surface area contributed by atoms with Crippen LogP contribution >= 0.6 is 0 Å². The Morgan fingerprint density at radius 3 is 2.67 bits per heavy atom. The molecule has 1 fully saturated rings. The van der Waals surface area contributed by atoms with Gasteiger partial charge in [-0.2, -0.15) is 0 Å². The molecule has 2 nitrogen and oxygen atoms in total. The van der Waals surface area contributed by atoms with Gasteiger partial charge in [0.15, 0.2) is 0 Å².